The predicted octanol–water partition coefficient (Wildman–Crippen LogP) is 3.06. The van der Waals surface area contributed by atoms with Crippen molar-refractivity contribution in [2.24, 2.45) is 5.92 Å². The van der Waals surface area contributed by atoms with Gasteiger partial charge in [-0.3, -0.25) is 0 Å². The highest BCUT2D eigenvalue weighted by molar-refractivity contribution is 5.65. The van der Waals surface area contributed by atoms with Crippen LogP contribution in [0.3, 0.4) is 0 Å². The van der Waals surface area contributed by atoms with Gasteiger partial charge in [-0.25, -0.2) is 4.79 Å². The van der Waals surface area contributed by atoms with Crippen LogP contribution in [0.25, 0.3) is 0 Å². The number of nitrogens with two attached hydrogens (primary N) is 1. The van der Waals surface area contributed by atoms with Crippen LogP contribution in [0.2, 0.25) is 0 Å². The van der Waals surface area contributed by atoms with Crippen molar-refractivity contribution in [2.75, 3.05) is 25.4 Å². The Balaban J connectivity index is 1.96. The molecular weight excluding hydrogens is 301 g/mol. The molecule has 1 aliphatic rings. The molecule has 0 aromatic heterocycles. The largest absolute Gasteiger partial charge is 0.491 e. The third-order valence-corrected chi connectivity index (χ3v) is 3.60. The maximum Gasteiger partial charge on any atom is 0.416 e. The number of ether oxygens (including phenoxy) is 1. The number of likely N-dealkylation sites (tertiary alicyclic amines) is 1. The first-order valence-electron chi connectivity index (χ1n) is 6.84. The molecule has 1 aromatic rings. The Morgan fingerprint density at radius 3 is 2.77 bits per heavy atom. The summed E-state index contributed by atoms with van der Waals surface area (Å²) >= 11 is 0. The van der Waals surface area contributed by atoms with E-state index in [4.69, 9.17) is 15.6 Å². The fourth-order valence-corrected chi connectivity index (χ4v) is 2.44. The molecule has 1 aliphatic heterocycles. The second kappa shape index (κ2) is 6.33. The number of carboxylic acid groups (broad SMARTS) is 1. The number of rotatable bonds is 3. The van der Waals surface area contributed by atoms with Gasteiger partial charge in [0.2, 0.25) is 0 Å². The van der Waals surface area contributed by atoms with Gasteiger partial charge in [0.15, 0.2) is 0 Å². The summed E-state index contributed by atoms with van der Waals surface area (Å²) in [6.45, 7) is 1.07. The lowest BCUT2D eigenvalue weighted by atomic mass is 9.99. The van der Waals surface area contributed by atoms with Gasteiger partial charge in [-0.05, 0) is 31.0 Å². The molecule has 2 rings (SSSR count). The molecule has 1 aromatic carbocycles. The van der Waals surface area contributed by atoms with E-state index in [0.717, 1.165) is 25.0 Å². The molecule has 1 saturated heterocycles. The topological polar surface area (TPSA) is 75.8 Å². The fraction of sp³-hybridized carbons (Fsp3) is 0.500. The van der Waals surface area contributed by atoms with Crippen LogP contribution in [0.1, 0.15) is 18.4 Å². The van der Waals surface area contributed by atoms with Gasteiger partial charge >= 0.3 is 12.3 Å². The Bertz CT molecular complexity index is 549. The van der Waals surface area contributed by atoms with E-state index >= 15 is 0 Å². The van der Waals surface area contributed by atoms with Gasteiger partial charge in [0.05, 0.1) is 17.9 Å². The van der Waals surface area contributed by atoms with E-state index in [2.05, 4.69) is 0 Å². The molecule has 1 unspecified atom stereocenters. The van der Waals surface area contributed by atoms with E-state index in [9.17, 15) is 18.0 Å². The minimum atomic E-state index is -4.45. The first-order valence-corrected chi connectivity index (χ1v) is 6.84. The van der Waals surface area contributed by atoms with Crippen LogP contribution in [0.15, 0.2) is 18.2 Å². The van der Waals surface area contributed by atoms with Crippen LogP contribution in [-0.2, 0) is 6.18 Å². The van der Waals surface area contributed by atoms with Gasteiger partial charge in [-0.2, -0.15) is 13.2 Å². The average Bonchev–Trinajstić information content (AvgIpc) is 2.45. The molecule has 1 amide bonds. The second-order valence-electron chi connectivity index (χ2n) is 5.30. The van der Waals surface area contributed by atoms with E-state index < -0.39 is 17.8 Å². The van der Waals surface area contributed by atoms with Crippen LogP contribution in [0.4, 0.5) is 23.7 Å². The number of piperidine rings is 1. The standard InChI is InChI=1S/C14H17F3N2O3/c15-14(16,17)10-3-4-12(11(18)6-10)22-8-9-2-1-5-19(7-9)13(20)21/h3-4,6,9H,1-2,5,7-8,18H2,(H,20,21). The van der Waals surface area contributed by atoms with Crippen molar-refractivity contribution in [3.05, 3.63) is 23.8 Å². The van der Waals surface area contributed by atoms with Gasteiger partial charge in [0.1, 0.15) is 5.75 Å². The third kappa shape index (κ3) is 3.96. The van der Waals surface area contributed by atoms with Crippen molar-refractivity contribution in [2.45, 2.75) is 19.0 Å². The maximum atomic E-state index is 12.5. The number of anilines is 1. The average molecular weight is 318 g/mol. The summed E-state index contributed by atoms with van der Waals surface area (Å²) in [6, 6.07) is 2.94. The highest BCUT2D eigenvalue weighted by Crippen LogP contribution is 2.34. The molecule has 0 aliphatic carbocycles. The smallest absolute Gasteiger partial charge is 0.416 e. The number of amides is 1. The molecule has 0 bridgehead atoms. The maximum absolute atomic E-state index is 12.5. The Hall–Kier alpha value is -2.12. The van der Waals surface area contributed by atoms with Gasteiger partial charge in [0, 0.05) is 19.0 Å². The van der Waals surface area contributed by atoms with Crippen LogP contribution in [0, 0.1) is 5.92 Å². The first kappa shape index (κ1) is 16.3. The molecule has 22 heavy (non-hydrogen) atoms. The van der Waals surface area contributed by atoms with Crippen molar-refractivity contribution >= 4 is 11.8 Å². The monoisotopic (exact) mass is 318 g/mol. The number of nitrogen functional groups attached to an aromatic ring is 1. The Morgan fingerprint density at radius 1 is 1.45 bits per heavy atom. The first-order chi connectivity index (χ1) is 10.3. The van der Waals surface area contributed by atoms with E-state index in [-0.39, 0.29) is 24.0 Å². The van der Waals surface area contributed by atoms with Crippen molar-refractivity contribution in [3.8, 4) is 5.75 Å². The van der Waals surface area contributed by atoms with E-state index in [1.807, 2.05) is 0 Å². The molecule has 1 fully saturated rings. The summed E-state index contributed by atoms with van der Waals surface area (Å²) in [5.74, 6) is 0.187. The molecule has 5 nitrogen and oxygen atoms in total. The Kier molecular flexibility index (Phi) is 4.68. The van der Waals surface area contributed by atoms with Crippen LogP contribution < -0.4 is 10.5 Å². The molecule has 0 saturated carbocycles. The van der Waals surface area contributed by atoms with E-state index in [0.29, 0.717) is 13.1 Å². The minimum Gasteiger partial charge on any atom is -0.491 e. The van der Waals surface area contributed by atoms with Crippen molar-refractivity contribution < 1.29 is 27.8 Å². The van der Waals surface area contributed by atoms with Gasteiger partial charge in [-0.1, -0.05) is 0 Å². The van der Waals surface area contributed by atoms with Crippen LogP contribution in [0.5, 0.6) is 5.75 Å². The quantitative estimate of drug-likeness (QED) is 0.840. The predicted molar refractivity (Wildman–Crippen MR) is 73.7 cm³/mol. The lowest BCUT2D eigenvalue weighted by Gasteiger charge is -2.30. The Labute approximate surface area is 125 Å². The van der Waals surface area contributed by atoms with Gasteiger partial charge in [0.25, 0.3) is 0 Å². The molecule has 1 atom stereocenters. The molecule has 8 heteroatoms. The number of halogens is 3. The molecule has 0 spiro atoms. The number of hydrogen-bond donors (Lipinski definition) is 2. The van der Waals surface area contributed by atoms with Crippen LogP contribution in [-0.4, -0.2) is 35.8 Å². The van der Waals surface area contributed by atoms with Crippen LogP contribution >= 0.6 is 0 Å². The number of alkyl halides is 3. The minimum absolute atomic E-state index is 0.00606. The summed E-state index contributed by atoms with van der Waals surface area (Å²) in [5.41, 5.74) is 4.67. The summed E-state index contributed by atoms with van der Waals surface area (Å²) in [7, 11) is 0. The third-order valence-electron chi connectivity index (χ3n) is 3.60. The molecule has 1 heterocycles. The zero-order chi connectivity index (χ0) is 16.3. The normalized spacial score (nSPS) is 19.0. The molecular formula is C14H17F3N2O3. The summed E-state index contributed by atoms with van der Waals surface area (Å²) in [6.07, 6.45) is -3.87. The summed E-state index contributed by atoms with van der Waals surface area (Å²) < 4.78 is 43.1. The number of nitrogens with zero attached hydrogens (tertiary/aromatic N) is 1. The zero-order valence-corrected chi connectivity index (χ0v) is 11.8. The van der Waals surface area contributed by atoms with Gasteiger partial charge < -0.3 is 20.5 Å². The van der Waals surface area contributed by atoms with Crippen molar-refractivity contribution in [3.63, 3.8) is 0 Å². The second-order valence-corrected chi connectivity index (χ2v) is 5.30. The molecule has 122 valence electrons. The summed E-state index contributed by atoms with van der Waals surface area (Å²) in [5, 5.41) is 8.95. The fourth-order valence-electron chi connectivity index (χ4n) is 2.44. The van der Waals surface area contributed by atoms with E-state index in [1.165, 1.54) is 11.0 Å². The van der Waals surface area contributed by atoms with Crippen molar-refractivity contribution in [1.82, 2.24) is 4.90 Å². The summed E-state index contributed by atoms with van der Waals surface area (Å²) in [4.78, 5) is 12.2. The molecule has 3 N–H and O–H groups in total. The highest BCUT2D eigenvalue weighted by atomic mass is 19.4. The van der Waals surface area contributed by atoms with Gasteiger partial charge in [-0.15, -0.1) is 0 Å². The lowest BCUT2D eigenvalue weighted by Crippen LogP contribution is -2.40. The van der Waals surface area contributed by atoms with Crippen molar-refractivity contribution in [1.29, 1.82) is 0 Å². The number of benzene rings is 1. The molecule has 0 radical (unpaired) electrons. The van der Waals surface area contributed by atoms with E-state index in [1.54, 1.807) is 0 Å². The SMILES string of the molecule is Nc1cc(C(F)(F)F)ccc1OCC1CCCN(C(=O)O)C1. The lowest BCUT2D eigenvalue weighted by molar-refractivity contribution is -0.137. The number of hydrogen-bond acceptors (Lipinski definition) is 3. The Morgan fingerprint density at radius 2 is 2.18 bits per heavy atom. The number of carbonyl (C=O) groups is 1. The highest BCUT2D eigenvalue weighted by Gasteiger charge is 2.31. The zero-order valence-electron chi connectivity index (χ0n) is 11.8.